The summed E-state index contributed by atoms with van der Waals surface area (Å²) >= 11 is 0. The second kappa shape index (κ2) is 13.6. The number of sulfonamides is 1. The third-order valence-electron chi connectivity index (χ3n) is 6.20. The van der Waals surface area contributed by atoms with Gasteiger partial charge in [-0.25, -0.2) is 12.8 Å². The van der Waals surface area contributed by atoms with E-state index in [4.69, 9.17) is 4.74 Å². The molecule has 8 nitrogen and oxygen atoms in total. The van der Waals surface area contributed by atoms with Crippen LogP contribution in [0.25, 0.3) is 0 Å². The number of nitrogens with one attached hydrogen (secondary N) is 1. The lowest BCUT2D eigenvalue weighted by Gasteiger charge is -2.34. The summed E-state index contributed by atoms with van der Waals surface area (Å²) in [4.78, 5) is 28.7. The maximum Gasteiger partial charge on any atom is 0.264 e. The number of carbonyl (C=O) groups is 2. The predicted molar refractivity (Wildman–Crippen MR) is 158 cm³/mol. The predicted octanol–water partition coefficient (Wildman–Crippen LogP) is 5.14. The summed E-state index contributed by atoms with van der Waals surface area (Å²) in [6, 6.07) is 19.1. The molecule has 0 aliphatic carbocycles. The highest BCUT2D eigenvalue weighted by atomic mass is 32.2. The van der Waals surface area contributed by atoms with E-state index < -0.39 is 39.9 Å². The van der Waals surface area contributed by atoms with Crippen LogP contribution in [0.1, 0.15) is 46.6 Å². The van der Waals surface area contributed by atoms with Crippen molar-refractivity contribution in [2.24, 2.45) is 0 Å². The Morgan fingerprint density at radius 1 is 0.927 bits per heavy atom. The standard InChI is InChI=1S/C31H38FN3O5S/c1-6-28(30(37)33-31(3,4)5)34(21-23-11-9-8-10-12-23)29(36)22-35(25-15-13-24(32)14-16-25)41(38,39)27-19-17-26(18-20-27)40-7-2/h8-20,28H,6-7,21-22H2,1-5H3,(H,33,37). The minimum Gasteiger partial charge on any atom is -0.494 e. The van der Waals surface area contributed by atoms with Gasteiger partial charge in [0.15, 0.2) is 0 Å². The van der Waals surface area contributed by atoms with Gasteiger partial charge in [0.05, 0.1) is 17.2 Å². The molecule has 3 rings (SSSR count). The lowest BCUT2D eigenvalue weighted by molar-refractivity contribution is -0.141. The van der Waals surface area contributed by atoms with Gasteiger partial charge in [-0.05, 0) is 88.2 Å². The first-order chi connectivity index (χ1) is 19.4. The van der Waals surface area contributed by atoms with Crippen LogP contribution in [0.4, 0.5) is 10.1 Å². The van der Waals surface area contributed by atoms with Crippen LogP contribution in [0.15, 0.2) is 83.8 Å². The van der Waals surface area contributed by atoms with Crippen molar-refractivity contribution in [2.75, 3.05) is 17.5 Å². The van der Waals surface area contributed by atoms with Gasteiger partial charge in [-0.1, -0.05) is 37.3 Å². The van der Waals surface area contributed by atoms with Crippen molar-refractivity contribution in [1.29, 1.82) is 0 Å². The summed E-state index contributed by atoms with van der Waals surface area (Å²) in [5.41, 5.74) is 0.356. The fraction of sp³-hybridized carbons (Fsp3) is 0.355. The van der Waals surface area contributed by atoms with Crippen molar-refractivity contribution >= 4 is 27.5 Å². The minimum absolute atomic E-state index is 0.0646. The quantitative estimate of drug-likeness (QED) is 0.319. The molecule has 1 N–H and O–H groups in total. The van der Waals surface area contributed by atoms with E-state index >= 15 is 0 Å². The zero-order valence-corrected chi connectivity index (χ0v) is 24.9. The molecule has 0 radical (unpaired) electrons. The lowest BCUT2D eigenvalue weighted by Crippen LogP contribution is -2.55. The molecule has 0 aromatic heterocycles. The Labute approximate surface area is 242 Å². The Hall–Kier alpha value is -3.92. The van der Waals surface area contributed by atoms with Crippen LogP contribution in [0.2, 0.25) is 0 Å². The number of hydrogen-bond acceptors (Lipinski definition) is 5. The van der Waals surface area contributed by atoms with Crippen LogP contribution in [0.3, 0.4) is 0 Å². The van der Waals surface area contributed by atoms with Crippen LogP contribution in [-0.2, 0) is 26.2 Å². The number of nitrogens with zero attached hydrogens (tertiary/aromatic N) is 2. The van der Waals surface area contributed by atoms with Crippen molar-refractivity contribution in [3.63, 3.8) is 0 Å². The molecule has 1 atom stereocenters. The molecule has 220 valence electrons. The van der Waals surface area contributed by atoms with Gasteiger partial charge in [0.1, 0.15) is 24.2 Å². The topological polar surface area (TPSA) is 96.0 Å². The number of amides is 2. The van der Waals surface area contributed by atoms with Gasteiger partial charge in [0.2, 0.25) is 11.8 Å². The zero-order valence-electron chi connectivity index (χ0n) is 24.1. The van der Waals surface area contributed by atoms with Crippen LogP contribution < -0.4 is 14.4 Å². The Morgan fingerprint density at radius 3 is 2.07 bits per heavy atom. The number of ether oxygens (including phenoxy) is 1. The molecule has 41 heavy (non-hydrogen) atoms. The largest absolute Gasteiger partial charge is 0.494 e. The molecule has 0 aliphatic heterocycles. The van der Waals surface area contributed by atoms with Crippen molar-refractivity contribution in [3.8, 4) is 5.75 Å². The summed E-state index contributed by atoms with van der Waals surface area (Å²) in [7, 11) is -4.27. The van der Waals surface area contributed by atoms with Crippen LogP contribution in [0, 0.1) is 5.82 Å². The molecule has 0 fully saturated rings. The summed E-state index contributed by atoms with van der Waals surface area (Å²) in [5, 5.41) is 2.94. The number of rotatable bonds is 12. The second-order valence-electron chi connectivity index (χ2n) is 10.6. The number of anilines is 1. The Kier molecular flexibility index (Phi) is 10.5. The molecular weight excluding hydrogens is 545 g/mol. The van der Waals surface area contributed by atoms with E-state index in [-0.39, 0.29) is 23.0 Å². The molecule has 0 aliphatic rings. The molecule has 1 unspecified atom stereocenters. The number of benzene rings is 3. The molecule has 0 saturated carbocycles. The van der Waals surface area contributed by atoms with E-state index in [2.05, 4.69) is 5.32 Å². The van der Waals surface area contributed by atoms with Crippen LogP contribution in [-0.4, -0.2) is 49.9 Å². The van der Waals surface area contributed by atoms with Crippen LogP contribution >= 0.6 is 0 Å². The molecule has 0 bridgehead atoms. The molecule has 3 aromatic rings. The fourth-order valence-electron chi connectivity index (χ4n) is 4.29. The SMILES string of the molecule is CCOc1ccc(S(=O)(=O)N(CC(=O)N(Cc2ccccc2)C(CC)C(=O)NC(C)(C)C)c2ccc(F)cc2)cc1. The highest BCUT2D eigenvalue weighted by Gasteiger charge is 2.34. The monoisotopic (exact) mass is 583 g/mol. The second-order valence-corrected chi connectivity index (χ2v) is 12.4. The third-order valence-corrected chi connectivity index (χ3v) is 7.98. The molecule has 0 spiro atoms. The number of halogens is 1. The Bertz CT molecular complexity index is 1410. The van der Waals surface area contributed by atoms with Crippen molar-refractivity contribution < 1.29 is 27.1 Å². The van der Waals surface area contributed by atoms with Gasteiger partial charge in [-0.15, -0.1) is 0 Å². The van der Waals surface area contributed by atoms with Gasteiger partial charge in [-0.2, -0.15) is 0 Å². The average molecular weight is 584 g/mol. The number of hydrogen-bond donors (Lipinski definition) is 1. The first-order valence-electron chi connectivity index (χ1n) is 13.5. The minimum atomic E-state index is -4.27. The fourth-order valence-corrected chi connectivity index (χ4v) is 5.70. The maximum atomic E-state index is 14.0. The average Bonchev–Trinajstić information content (AvgIpc) is 2.92. The van der Waals surface area contributed by atoms with E-state index in [1.807, 2.05) is 58.0 Å². The maximum absolute atomic E-state index is 14.0. The van der Waals surface area contributed by atoms with E-state index in [9.17, 15) is 22.4 Å². The van der Waals surface area contributed by atoms with E-state index in [0.29, 0.717) is 18.8 Å². The summed E-state index contributed by atoms with van der Waals surface area (Å²) in [6.07, 6.45) is 0.308. The van der Waals surface area contributed by atoms with E-state index in [1.165, 1.54) is 41.3 Å². The highest BCUT2D eigenvalue weighted by Crippen LogP contribution is 2.26. The Balaban J connectivity index is 2.04. The summed E-state index contributed by atoms with van der Waals surface area (Å²) in [5.74, 6) is -0.967. The summed E-state index contributed by atoms with van der Waals surface area (Å²) < 4.78 is 48.0. The van der Waals surface area contributed by atoms with Gasteiger partial charge >= 0.3 is 0 Å². The van der Waals surface area contributed by atoms with Gasteiger partial charge in [-0.3, -0.25) is 13.9 Å². The molecule has 10 heteroatoms. The van der Waals surface area contributed by atoms with Crippen molar-refractivity contribution in [2.45, 2.75) is 64.1 Å². The van der Waals surface area contributed by atoms with Gasteiger partial charge in [0, 0.05) is 12.1 Å². The highest BCUT2D eigenvalue weighted by molar-refractivity contribution is 7.92. The van der Waals surface area contributed by atoms with Crippen molar-refractivity contribution in [3.05, 3.63) is 90.2 Å². The molecule has 0 heterocycles. The molecule has 2 amide bonds. The lowest BCUT2D eigenvalue weighted by atomic mass is 10.1. The zero-order chi connectivity index (χ0) is 30.2. The first-order valence-corrected chi connectivity index (χ1v) is 15.0. The smallest absolute Gasteiger partial charge is 0.264 e. The third kappa shape index (κ3) is 8.53. The summed E-state index contributed by atoms with van der Waals surface area (Å²) in [6.45, 7) is 9.07. The van der Waals surface area contributed by atoms with Gasteiger partial charge < -0.3 is 15.0 Å². The van der Waals surface area contributed by atoms with E-state index in [1.54, 1.807) is 6.92 Å². The number of carbonyl (C=O) groups excluding carboxylic acids is 2. The Morgan fingerprint density at radius 2 is 1.54 bits per heavy atom. The van der Waals surface area contributed by atoms with E-state index in [0.717, 1.165) is 22.0 Å². The van der Waals surface area contributed by atoms with Crippen molar-refractivity contribution in [1.82, 2.24) is 10.2 Å². The molecule has 0 saturated heterocycles. The van der Waals surface area contributed by atoms with Gasteiger partial charge in [0.25, 0.3) is 10.0 Å². The first kappa shape index (κ1) is 31.6. The molecular formula is C31H38FN3O5S. The van der Waals surface area contributed by atoms with Crippen LogP contribution in [0.5, 0.6) is 5.75 Å². The normalized spacial score (nSPS) is 12.3. The molecule has 3 aromatic carbocycles.